The molecule has 0 saturated carbocycles. The first-order valence-corrected chi connectivity index (χ1v) is 11.2. The van der Waals surface area contributed by atoms with Gasteiger partial charge in [-0.25, -0.2) is 19.4 Å². The van der Waals surface area contributed by atoms with E-state index in [1.54, 1.807) is 74.5 Å². The Morgan fingerprint density at radius 1 is 0.472 bits per heavy atom. The summed E-state index contributed by atoms with van der Waals surface area (Å²) in [7, 11) is 0. The van der Waals surface area contributed by atoms with Gasteiger partial charge in [0.2, 0.25) is 0 Å². The Morgan fingerprint density at radius 2 is 0.833 bits per heavy atom. The van der Waals surface area contributed by atoms with Crippen LogP contribution in [0.1, 0.15) is 63.7 Å². The van der Waals surface area contributed by atoms with Crippen molar-refractivity contribution >= 4 is 23.5 Å². The van der Waals surface area contributed by atoms with Crippen LogP contribution in [0.25, 0.3) is 0 Å². The molecule has 0 heterocycles. The minimum Gasteiger partial charge on any atom is -0.289 e. The van der Waals surface area contributed by atoms with Crippen LogP contribution in [0.2, 0.25) is 0 Å². The van der Waals surface area contributed by atoms with Crippen molar-refractivity contribution in [3.63, 3.8) is 0 Å². The molecule has 0 bridgehead atoms. The summed E-state index contributed by atoms with van der Waals surface area (Å²) < 4.78 is 0. The number of aryl methyl sites for hydroxylation is 2. The van der Waals surface area contributed by atoms with Crippen LogP contribution in [0.4, 0.5) is 0 Å². The highest BCUT2D eigenvalue weighted by Crippen LogP contribution is 2.18. The van der Waals surface area contributed by atoms with E-state index < -0.39 is 11.9 Å². The number of hydrogen-bond donors (Lipinski definition) is 0. The molecule has 4 aromatic carbocycles. The third kappa shape index (κ3) is 5.28. The minimum absolute atomic E-state index is 0.160. The number of carbonyl (C=O) groups excluding carboxylic acids is 4. The van der Waals surface area contributed by atoms with Crippen LogP contribution in [0.15, 0.2) is 97.1 Å². The van der Waals surface area contributed by atoms with Crippen molar-refractivity contribution < 1.29 is 29.0 Å². The molecule has 0 aliphatic rings. The van der Waals surface area contributed by atoms with E-state index in [-0.39, 0.29) is 22.7 Å². The van der Waals surface area contributed by atoms with Crippen molar-refractivity contribution in [1.29, 1.82) is 0 Å². The molecule has 4 aromatic rings. The highest BCUT2D eigenvalue weighted by Gasteiger charge is 2.20. The Labute approximate surface area is 208 Å². The number of hydrogen-bond acceptors (Lipinski definition) is 6. The standard InChI is InChI=1S/C30H22O6/c1-19-17-23(27(31)21-9-5-3-6-10-21)13-15-25(19)29(33)35-36-30(34)26-16-14-24(18-20(26)2)28(32)22-11-7-4-8-12-22/h3-18H,1-2H3. The highest BCUT2D eigenvalue weighted by molar-refractivity contribution is 6.10. The topological polar surface area (TPSA) is 86.7 Å². The molecule has 0 fully saturated rings. The quantitative estimate of drug-likeness (QED) is 0.201. The molecule has 0 spiro atoms. The molecule has 0 unspecified atom stereocenters. The van der Waals surface area contributed by atoms with E-state index in [0.29, 0.717) is 33.4 Å². The largest absolute Gasteiger partial charge is 0.386 e. The molecule has 0 aromatic heterocycles. The first kappa shape index (κ1) is 24.3. The predicted molar refractivity (Wildman–Crippen MR) is 133 cm³/mol. The second-order valence-electron chi connectivity index (χ2n) is 8.19. The van der Waals surface area contributed by atoms with Crippen LogP contribution in [0, 0.1) is 13.8 Å². The van der Waals surface area contributed by atoms with Crippen molar-refractivity contribution in [2.75, 3.05) is 0 Å². The van der Waals surface area contributed by atoms with Gasteiger partial charge in [-0.3, -0.25) is 9.59 Å². The third-order valence-corrected chi connectivity index (χ3v) is 5.68. The van der Waals surface area contributed by atoms with Crippen LogP contribution in [0.3, 0.4) is 0 Å². The fourth-order valence-electron chi connectivity index (χ4n) is 3.75. The summed E-state index contributed by atoms with van der Waals surface area (Å²) in [6.45, 7) is 3.32. The number of rotatable bonds is 6. The Hall–Kier alpha value is -4.84. The van der Waals surface area contributed by atoms with Gasteiger partial charge in [0.05, 0.1) is 11.1 Å². The Morgan fingerprint density at radius 3 is 1.17 bits per heavy atom. The number of carbonyl (C=O) groups is 4. The lowest BCUT2D eigenvalue weighted by Crippen LogP contribution is -2.14. The van der Waals surface area contributed by atoms with Crippen LogP contribution < -0.4 is 0 Å². The second kappa shape index (κ2) is 10.6. The molecule has 0 aliphatic carbocycles. The average molecular weight is 479 g/mol. The van der Waals surface area contributed by atoms with Crippen molar-refractivity contribution in [1.82, 2.24) is 0 Å². The molecule has 178 valence electrons. The highest BCUT2D eigenvalue weighted by atomic mass is 17.2. The van der Waals surface area contributed by atoms with E-state index in [2.05, 4.69) is 0 Å². The summed E-state index contributed by atoms with van der Waals surface area (Å²) in [4.78, 5) is 59.8. The molecule has 0 N–H and O–H groups in total. The lowest BCUT2D eigenvalue weighted by atomic mass is 9.99. The van der Waals surface area contributed by atoms with Gasteiger partial charge in [0.15, 0.2) is 11.6 Å². The fraction of sp³-hybridized carbons (Fsp3) is 0.0667. The molecule has 0 radical (unpaired) electrons. The van der Waals surface area contributed by atoms with E-state index in [4.69, 9.17) is 9.78 Å². The van der Waals surface area contributed by atoms with Gasteiger partial charge in [-0.2, -0.15) is 0 Å². The van der Waals surface area contributed by atoms with E-state index in [0.717, 1.165) is 0 Å². The van der Waals surface area contributed by atoms with Gasteiger partial charge >= 0.3 is 11.9 Å². The Balaban J connectivity index is 1.41. The predicted octanol–water partition coefficient (Wildman–Crippen LogP) is 5.69. The third-order valence-electron chi connectivity index (χ3n) is 5.68. The summed E-state index contributed by atoms with van der Waals surface area (Å²) in [5.74, 6) is -2.08. The zero-order valence-corrected chi connectivity index (χ0v) is 19.7. The smallest absolute Gasteiger partial charge is 0.289 e. The zero-order valence-electron chi connectivity index (χ0n) is 19.7. The van der Waals surface area contributed by atoms with E-state index in [1.807, 2.05) is 12.1 Å². The van der Waals surface area contributed by atoms with E-state index in [1.165, 1.54) is 24.3 Å². The zero-order chi connectivity index (χ0) is 25.7. The molecule has 6 nitrogen and oxygen atoms in total. The fourth-order valence-corrected chi connectivity index (χ4v) is 3.75. The lowest BCUT2D eigenvalue weighted by Gasteiger charge is -2.09. The van der Waals surface area contributed by atoms with Gasteiger partial charge in [-0.1, -0.05) is 72.8 Å². The van der Waals surface area contributed by atoms with Crippen LogP contribution in [-0.4, -0.2) is 23.5 Å². The van der Waals surface area contributed by atoms with Crippen LogP contribution in [-0.2, 0) is 9.78 Å². The van der Waals surface area contributed by atoms with Gasteiger partial charge in [-0.05, 0) is 49.2 Å². The molecular weight excluding hydrogens is 456 g/mol. The number of benzene rings is 4. The Kier molecular flexibility index (Phi) is 7.16. The molecule has 0 amide bonds. The first-order chi connectivity index (χ1) is 17.3. The van der Waals surface area contributed by atoms with Gasteiger partial charge in [-0.15, -0.1) is 0 Å². The van der Waals surface area contributed by atoms with Crippen molar-refractivity contribution in [3.05, 3.63) is 142 Å². The summed E-state index contributed by atoms with van der Waals surface area (Å²) in [5.41, 5.74) is 3.23. The maximum atomic E-state index is 12.6. The van der Waals surface area contributed by atoms with Gasteiger partial charge < -0.3 is 0 Å². The average Bonchev–Trinajstić information content (AvgIpc) is 2.91. The van der Waals surface area contributed by atoms with Crippen LogP contribution >= 0.6 is 0 Å². The maximum absolute atomic E-state index is 12.6. The normalized spacial score (nSPS) is 10.4. The summed E-state index contributed by atoms with van der Waals surface area (Å²) >= 11 is 0. The van der Waals surface area contributed by atoms with Crippen molar-refractivity contribution in [2.24, 2.45) is 0 Å². The van der Waals surface area contributed by atoms with Gasteiger partial charge in [0.1, 0.15) is 0 Å². The van der Waals surface area contributed by atoms with Crippen molar-refractivity contribution in [3.8, 4) is 0 Å². The SMILES string of the molecule is Cc1cc(C(=O)c2ccccc2)ccc1C(=O)OOC(=O)c1ccc(C(=O)c2ccccc2)cc1C. The van der Waals surface area contributed by atoms with Crippen LogP contribution in [0.5, 0.6) is 0 Å². The summed E-state index contributed by atoms with van der Waals surface area (Å²) in [5, 5.41) is 0. The molecule has 6 heteroatoms. The van der Waals surface area contributed by atoms with Gasteiger partial charge in [0.25, 0.3) is 0 Å². The Bertz CT molecular complexity index is 1340. The minimum atomic E-state index is -0.868. The maximum Gasteiger partial charge on any atom is 0.386 e. The number of ketones is 2. The second-order valence-corrected chi connectivity index (χ2v) is 8.19. The molecule has 4 rings (SSSR count). The van der Waals surface area contributed by atoms with E-state index >= 15 is 0 Å². The van der Waals surface area contributed by atoms with E-state index in [9.17, 15) is 19.2 Å². The first-order valence-electron chi connectivity index (χ1n) is 11.2. The molecular formula is C30H22O6. The molecule has 0 saturated heterocycles. The van der Waals surface area contributed by atoms with Crippen molar-refractivity contribution in [2.45, 2.75) is 13.8 Å². The summed E-state index contributed by atoms with van der Waals surface area (Å²) in [6, 6.07) is 26.7. The summed E-state index contributed by atoms with van der Waals surface area (Å²) in [6.07, 6.45) is 0. The monoisotopic (exact) mass is 478 g/mol. The molecule has 36 heavy (non-hydrogen) atoms. The molecule has 0 aliphatic heterocycles. The van der Waals surface area contributed by atoms with Gasteiger partial charge in [0, 0.05) is 22.3 Å². The molecule has 0 atom stereocenters. The lowest BCUT2D eigenvalue weighted by molar-refractivity contribution is -0.187.